The molecule has 2 aromatic rings. The van der Waals surface area contributed by atoms with E-state index in [1.807, 2.05) is 24.3 Å². The summed E-state index contributed by atoms with van der Waals surface area (Å²) in [7, 11) is 0. The van der Waals surface area contributed by atoms with Crippen LogP contribution in [-0.4, -0.2) is 19.1 Å². The van der Waals surface area contributed by atoms with Gasteiger partial charge in [-0.25, -0.2) is 5.84 Å². The molecule has 0 aliphatic carbocycles. The van der Waals surface area contributed by atoms with Gasteiger partial charge in [0, 0.05) is 4.47 Å². The summed E-state index contributed by atoms with van der Waals surface area (Å²) in [5.74, 6) is 5.96. The van der Waals surface area contributed by atoms with Crippen LogP contribution in [-0.2, 0) is 0 Å². The quantitative estimate of drug-likeness (QED) is 0.363. The first kappa shape index (κ1) is 15.3. The standard InChI is InChI=1S/C15H15BrN2O3/c16-11-4-3-5-12(10-11)20-8-9-21-14-7-2-1-6-13(14)15(19)18-17/h1-7,10H,8-9,17H2,(H,18,19). The van der Waals surface area contributed by atoms with Gasteiger partial charge < -0.3 is 9.47 Å². The van der Waals surface area contributed by atoms with Crippen molar-refractivity contribution in [2.45, 2.75) is 0 Å². The van der Waals surface area contributed by atoms with Crippen LogP contribution < -0.4 is 20.7 Å². The molecule has 6 heteroatoms. The number of carbonyl (C=O) groups excluding carboxylic acids is 1. The predicted molar refractivity (Wildman–Crippen MR) is 83.2 cm³/mol. The third-order valence-corrected chi connectivity index (χ3v) is 3.16. The summed E-state index contributed by atoms with van der Waals surface area (Å²) in [6, 6.07) is 14.4. The Morgan fingerprint density at radius 2 is 1.86 bits per heavy atom. The molecule has 0 aliphatic heterocycles. The lowest BCUT2D eigenvalue weighted by Gasteiger charge is -2.11. The number of hydrogen-bond donors (Lipinski definition) is 2. The van der Waals surface area contributed by atoms with E-state index in [0.717, 1.165) is 10.2 Å². The number of amides is 1. The van der Waals surface area contributed by atoms with Crippen molar-refractivity contribution in [1.82, 2.24) is 5.43 Å². The second-order valence-electron chi connectivity index (χ2n) is 4.12. The van der Waals surface area contributed by atoms with Crippen LogP contribution in [0.2, 0.25) is 0 Å². The van der Waals surface area contributed by atoms with Crippen molar-refractivity contribution in [2.75, 3.05) is 13.2 Å². The number of benzene rings is 2. The van der Waals surface area contributed by atoms with Crippen LogP contribution in [0.3, 0.4) is 0 Å². The van der Waals surface area contributed by atoms with Crippen LogP contribution in [0.1, 0.15) is 10.4 Å². The summed E-state index contributed by atoms with van der Waals surface area (Å²) >= 11 is 3.37. The Labute approximate surface area is 131 Å². The summed E-state index contributed by atoms with van der Waals surface area (Å²) < 4.78 is 12.1. The fraction of sp³-hybridized carbons (Fsp3) is 0.133. The molecule has 0 bridgehead atoms. The summed E-state index contributed by atoms with van der Waals surface area (Å²) in [5, 5.41) is 0. The number of nitrogen functional groups attached to an aromatic ring is 1. The Morgan fingerprint density at radius 3 is 2.62 bits per heavy atom. The molecule has 0 aromatic heterocycles. The Morgan fingerprint density at radius 1 is 1.10 bits per heavy atom. The largest absolute Gasteiger partial charge is 0.490 e. The van der Waals surface area contributed by atoms with E-state index in [4.69, 9.17) is 15.3 Å². The van der Waals surface area contributed by atoms with Crippen LogP contribution in [0.15, 0.2) is 53.0 Å². The van der Waals surface area contributed by atoms with E-state index in [2.05, 4.69) is 21.4 Å². The lowest BCUT2D eigenvalue weighted by atomic mass is 10.2. The highest BCUT2D eigenvalue weighted by Gasteiger charge is 2.10. The Kier molecular flexibility index (Phi) is 5.59. The lowest BCUT2D eigenvalue weighted by molar-refractivity contribution is 0.0948. The highest BCUT2D eigenvalue weighted by atomic mass is 79.9. The third-order valence-electron chi connectivity index (χ3n) is 2.67. The smallest absolute Gasteiger partial charge is 0.268 e. The van der Waals surface area contributed by atoms with Crippen LogP contribution in [0.4, 0.5) is 0 Å². The van der Waals surface area contributed by atoms with E-state index in [-0.39, 0.29) is 0 Å². The van der Waals surface area contributed by atoms with Crippen molar-refractivity contribution in [2.24, 2.45) is 5.84 Å². The predicted octanol–water partition coefficient (Wildman–Crippen LogP) is 2.51. The molecule has 0 spiro atoms. The molecule has 0 atom stereocenters. The molecule has 0 radical (unpaired) electrons. The normalized spacial score (nSPS) is 10.0. The first-order valence-corrected chi connectivity index (χ1v) is 7.11. The minimum Gasteiger partial charge on any atom is -0.490 e. The van der Waals surface area contributed by atoms with E-state index in [9.17, 15) is 4.79 Å². The molecule has 0 aliphatic rings. The molecular weight excluding hydrogens is 336 g/mol. The van der Waals surface area contributed by atoms with Gasteiger partial charge in [0.1, 0.15) is 24.7 Å². The van der Waals surface area contributed by atoms with Crippen molar-refractivity contribution in [3.8, 4) is 11.5 Å². The molecule has 21 heavy (non-hydrogen) atoms. The number of hydrogen-bond acceptors (Lipinski definition) is 4. The fourth-order valence-electron chi connectivity index (χ4n) is 1.73. The van der Waals surface area contributed by atoms with Crippen molar-refractivity contribution >= 4 is 21.8 Å². The lowest BCUT2D eigenvalue weighted by Crippen LogP contribution is -2.30. The highest BCUT2D eigenvalue weighted by molar-refractivity contribution is 9.10. The average Bonchev–Trinajstić information content (AvgIpc) is 2.51. The van der Waals surface area contributed by atoms with Gasteiger partial charge in [0.25, 0.3) is 5.91 Å². The molecule has 0 saturated heterocycles. The van der Waals surface area contributed by atoms with E-state index in [1.165, 1.54) is 0 Å². The van der Waals surface area contributed by atoms with Crippen molar-refractivity contribution in [1.29, 1.82) is 0 Å². The summed E-state index contributed by atoms with van der Waals surface area (Å²) in [6.07, 6.45) is 0. The molecule has 5 nitrogen and oxygen atoms in total. The van der Waals surface area contributed by atoms with Gasteiger partial charge in [0.05, 0.1) is 5.56 Å². The maximum absolute atomic E-state index is 11.6. The Hall–Kier alpha value is -2.05. The first-order chi connectivity index (χ1) is 10.2. The fourth-order valence-corrected chi connectivity index (χ4v) is 2.10. The molecule has 0 fully saturated rings. The molecule has 1 amide bonds. The number of halogens is 1. The molecule has 110 valence electrons. The monoisotopic (exact) mass is 350 g/mol. The number of para-hydroxylation sites is 1. The maximum atomic E-state index is 11.6. The number of nitrogens with one attached hydrogen (secondary N) is 1. The van der Waals surface area contributed by atoms with E-state index in [0.29, 0.717) is 24.5 Å². The number of rotatable bonds is 6. The molecule has 0 saturated carbocycles. The zero-order valence-corrected chi connectivity index (χ0v) is 12.8. The molecular formula is C15H15BrN2O3. The topological polar surface area (TPSA) is 73.6 Å². The van der Waals surface area contributed by atoms with Gasteiger partial charge in [0.15, 0.2) is 0 Å². The summed E-state index contributed by atoms with van der Waals surface area (Å²) in [5.41, 5.74) is 2.48. The van der Waals surface area contributed by atoms with Crippen LogP contribution in [0, 0.1) is 0 Å². The molecule has 2 rings (SSSR count). The zero-order valence-electron chi connectivity index (χ0n) is 11.2. The van der Waals surface area contributed by atoms with Crippen LogP contribution >= 0.6 is 15.9 Å². The molecule has 2 aromatic carbocycles. The molecule has 0 heterocycles. The number of hydrazine groups is 1. The van der Waals surface area contributed by atoms with E-state index < -0.39 is 5.91 Å². The van der Waals surface area contributed by atoms with E-state index in [1.54, 1.807) is 24.3 Å². The minimum atomic E-state index is -0.390. The SMILES string of the molecule is NNC(=O)c1ccccc1OCCOc1cccc(Br)c1. The number of nitrogens with two attached hydrogens (primary N) is 1. The average molecular weight is 351 g/mol. The number of ether oxygens (including phenoxy) is 2. The molecule has 3 N–H and O–H groups in total. The van der Waals surface area contributed by atoms with Gasteiger partial charge >= 0.3 is 0 Å². The van der Waals surface area contributed by atoms with Gasteiger partial charge in [0.2, 0.25) is 0 Å². The Bertz CT molecular complexity index is 619. The third kappa shape index (κ3) is 4.47. The van der Waals surface area contributed by atoms with Crippen LogP contribution in [0.25, 0.3) is 0 Å². The maximum Gasteiger partial charge on any atom is 0.268 e. The van der Waals surface area contributed by atoms with E-state index >= 15 is 0 Å². The van der Waals surface area contributed by atoms with Crippen molar-refractivity contribution in [3.63, 3.8) is 0 Å². The van der Waals surface area contributed by atoms with Gasteiger partial charge in [-0.15, -0.1) is 0 Å². The van der Waals surface area contributed by atoms with Gasteiger partial charge in [-0.1, -0.05) is 34.1 Å². The van der Waals surface area contributed by atoms with Crippen LogP contribution in [0.5, 0.6) is 11.5 Å². The summed E-state index contributed by atoms with van der Waals surface area (Å²) in [6.45, 7) is 0.691. The first-order valence-electron chi connectivity index (χ1n) is 6.32. The number of carbonyl (C=O) groups is 1. The molecule has 0 unspecified atom stereocenters. The Balaban J connectivity index is 1.88. The zero-order chi connectivity index (χ0) is 15.1. The second kappa shape index (κ2) is 7.66. The minimum absolute atomic E-state index is 0.321. The second-order valence-corrected chi connectivity index (χ2v) is 5.04. The van der Waals surface area contributed by atoms with Gasteiger partial charge in [-0.05, 0) is 30.3 Å². The highest BCUT2D eigenvalue weighted by Crippen LogP contribution is 2.19. The van der Waals surface area contributed by atoms with Gasteiger partial charge in [-0.2, -0.15) is 0 Å². The summed E-state index contributed by atoms with van der Waals surface area (Å²) in [4.78, 5) is 11.6. The van der Waals surface area contributed by atoms with Gasteiger partial charge in [-0.3, -0.25) is 10.2 Å². The van der Waals surface area contributed by atoms with Crippen molar-refractivity contribution < 1.29 is 14.3 Å². The van der Waals surface area contributed by atoms with Crippen molar-refractivity contribution in [3.05, 3.63) is 58.6 Å².